The van der Waals surface area contributed by atoms with Gasteiger partial charge in [-0.2, -0.15) is 0 Å². The van der Waals surface area contributed by atoms with Crippen LogP contribution in [0.15, 0.2) is 18.2 Å². The van der Waals surface area contributed by atoms with E-state index in [1.54, 1.807) is 12.1 Å². The summed E-state index contributed by atoms with van der Waals surface area (Å²) < 4.78 is 5.15. The number of primary amides is 1. The molecule has 0 saturated carbocycles. The van der Waals surface area contributed by atoms with Crippen molar-refractivity contribution < 1.29 is 19.4 Å². The summed E-state index contributed by atoms with van der Waals surface area (Å²) in [5, 5.41) is 9.82. The van der Waals surface area contributed by atoms with Crippen LogP contribution < -0.4 is 5.73 Å². The van der Waals surface area contributed by atoms with Gasteiger partial charge >= 0.3 is 0 Å². The number of aromatic hydroxyl groups is 1. The molecule has 6 nitrogen and oxygen atoms in total. The summed E-state index contributed by atoms with van der Waals surface area (Å²) in [5.74, 6) is -1.12. The van der Waals surface area contributed by atoms with E-state index in [-0.39, 0.29) is 24.5 Å². The number of ether oxygens (including phenoxy) is 1. The largest absolute Gasteiger partial charge is 0.507 e. The van der Waals surface area contributed by atoms with Gasteiger partial charge in [-0.3, -0.25) is 9.59 Å². The van der Waals surface area contributed by atoms with Crippen LogP contribution in [0.3, 0.4) is 0 Å². The van der Waals surface area contributed by atoms with Gasteiger partial charge in [-0.25, -0.2) is 0 Å². The highest BCUT2D eigenvalue weighted by Gasteiger charge is 2.32. The fourth-order valence-electron chi connectivity index (χ4n) is 2.06. The molecule has 1 unspecified atom stereocenters. The van der Waals surface area contributed by atoms with E-state index in [1.807, 2.05) is 6.92 Å². The van der Waals surface area contributed by atoms with Crippen LogP contribution in [-0.2, 0) is 9.53 Å². The van der Waals surface area contributed by atoms with Crippen molar-refractivity contribution in [2.75, 3.05) is 19.8 Å². The highest BCUT2D eigenvalue weighted by atomic mass is 16.5. The smallest absolute Gasteiger partial charge is 0.258 e. The van der Waals surface area contributed by atoms with Crippen LogP contribution in [0, 0.1) is 6.92 Å². The van der Waals surface area contributed by atoms with Crippen molar-refractivity contribution in [1.29, 1.82) is 0 Å². The molecule has 2 rings (SSSR count). The lowest BCUT2D eigenvalue weighted by molar-refractivity contribution is -0.127. The minimum absolute atomic E-state index is 0.0910. The molecule has 1 aromatic rings. The van der Waals surface area contributed by atoms with E-state index in [0.29, 0.717) is 6.61 Å². The van der Waals surface area contributed by atoms with E-state index in [2.05, 4.69) is 0 Å². The molecule has 3 N–H and O–H groups in total. The Morgan fingerprint density at radius 2 is 2.21 bits per heavy atom. The molecule has 1 atom stereocenters. The molecule has 1 heterocycles. The summed E-state index contributed by atoms with van der Waals surface area (Å²) in [5.41, 5.74) is 6.28. The van der Waals surface area contributed by atoms with Crippen molar-refractivity contribution in [3.05, 3.63) is 29.3 Å². The Morgan fingerprint density at radius 3 is 2.84 bits per heavy atom. The zero-order chi connectivity index (χ0) is 14.0. The summed E-state index contributed by atoms with van der Waals surface area (Å²) in [7, 11) is 0. The summed E-state index contributed by atoms with van der Waals surface area (Å²) in [6.45, 7) is 2.53. The lowest BCUT2D eigenvalue weighted by Crippen LogP contribution is -2.54. The van der Waals surface area contributed by atoms with Gasteiger partial charge in [0, 0.05) is 6.54 Å². The molecule has 1 fully saturated rings. The number of phenols is 1. The Morgan fingerprint density at radius 1 is 1.47 bits per heavy atom. The molecule has 102 valence electrons. The van der Waals surface area contributed by atoms with Gasteiger partial charge in [-0.05, 0) is 24.6 Å². The number of nitrogens with two attached hydrogens (primary N) is 1. The monoisotopic (exact) mass is 264 g/mol. The molecule has 19 heavy (non-hydrogen) atoms. The second-order valence-corrected chi connectivity index (χ2v) is 4.51. The molecule has 0 bridgehead atoms. The van der Waals surface area contributed by atoms with Gasteiger partial charge < -0.3 is 20.5 Å². The summed E-state index contributed by atoms with van der Waals surface area (Å²) in [4.78, 5) is 25.0. The molecule has 6 heteroatoms. The van der Waals surface area contributed by atoms with Gasteiger partial charge in [0.2, 0.25) is 5.91 Å². The highest BCUT2D eigenvalue weighted by molar-refractivity contribution is 5.99. The van der Waals surface area contributed by atoms with Crippen LogP contribution in [-0.4, -0.2) is 47.6 Å². The number of nitrogens with zero attached hydrogens (tertiary/aromatic N) is 1. The Kier molecular flexibility index (Phi) is 3.71. The van der Waals surface area contributed by atoms with Gasteiger partial charge in [-0.15, -0.1) is 0 Å². The predicted octanol–water partition coefficient (Wildman–Crippen LogP) is 0.0269. The number of carbonyl (C=O) groups excluding carboxylic acids is 2. The quantitative estimate of drug-likeness (QED) is 0.788. The third-order valence-corrected chi connectivity index (χ3v) is 3.10. The van der Waals surface area contributed by atoms with Gasteiger partial charge in [0.15, 0.2) is 0 Å². The first-order valence-corrected chi connectivity index (χ1v) is 5.98. The third-order valence-electron chi connectivity index (χ3n) is 3.10. The maximum absolute atomic E-state index is 12.3. The van der Waals surface area contributed by atoms with Gasteiger partial charge in [0.05, 0.1) is 18.8 Å². The van der Waals surface area contributed by atoms with E-state index >= 15 is 0 Å². The number of amides is 2. The molecular weight excluding hydrogens is 248 g/mol. The lowest BCUT2D eigenvalue weighted by atomic mass is 10.1. The van der Waals surface area contributed by atoms with Gasteiger partial charge in [0.1, 0.15) is 11.8 Å². The predicted molar refractivity (Wildman–Crippen MR) is 67.7 cm³/mol. The minimum atomic E-state index is -0.790. The SMILES string of the molecule is Cc1ccc(C(=O)N2CCOCC2C(N)=O)c(O)c1. The van der Waals surface area contributed by atoms with E-state index < -0.39 is 17.9 Å². The Balaban J connectivity index is 2.28. The van der Waals surface area contributed by atoms with Crippen LogP contribution in [0.1, 0.15) is 15.9 Å². The minimum Gasteiger partial charge on any atom is -0.507 e. The zero-order valence-corrected chi connectivity index (χ0v) is 10.6. The van der Waals surface area contributed by atoms with Crippen molar-refractivity contribution in [2.45, 2.75) is 13.0 Å². The van der Waals surface area contributed by atoms with Crippen molar-refractivity contribution in [2.24, 2.45) is 5.73 Å². The second-order valence-electron chi connectivity index (χ2n) is 4.51. The fraction of sp³-hybridized carbons (Fsp3) is 0.385. The van der Waals surface area contributed by atoms with E-state index in [1.165, 1.54) is 11.0 Å². The second kappa shape index (κ2) is 5.27. The van der Waals surface area contributed by atoms with Crippen LogP contribution in [0.4, 0.5) is 0 Å². The molecule has 2 amide bonds. The van der Waals surface area contributed by atoms with Crippen LogP contribution in [0.2, 0.25) is 0 Å². The number of aryl methyl sites for hydroxylation is 1. The van der Waals surface area contributed by atoms with Crippen LogP contribution in [0.25, 0.3) is 0 Å². The molecule has 0 spiro atoms. The maximum Gasteiger partial charge on any atom is 0.258 e. The number of benzene rings is 1. The van der Waals surface area contributed by atoms with Crippen molar-refractivity contribution in [3.63, 3.8) is 0 Å². The van der Waals surface area contributed by atoms with Crippen molar-refractivity contribution in [3.8, 4) is 5.75 Å². The first kappa shape index (κ1) is 13.4. The number of hydrogen-bond acceptors (Lipinski definition) is 4. The van der Waals surface area contributed by atoms with Crippen molar-refractivity contribution in [1.82, 2.24) is 4.90 Å². The van der Waals surface area contributed by atoms with Crippen LogP contribution in [0.5, 0.6) is 5.75 Å². The van der Waals surface area contributed by atoms with E-state index in [4.69, 9.17) is 10.5 Å². The molecule has 0 aliphatic carbocycles. The first-order valence-electron chi connectivity index (χ1n) is 5.98. The van der Waals surface area contributed by atoms with Gasteiger partial charge in [-0.1, -0.05) is 6.07 Å². The Labute approximate surface area is 110 Å². The average Bonchev–Trinajstić information content (AvgIpc) is 2.38. The number of hydrogen-bond donors (Lipinski definition) is 2. The normalized spacial score (nSPS) is 19.2. The summed E-state index contributed by atoms with van der Waals surface area (Å²) in [6.07, 6.45) is 0. The lowest BCUT2D eigenvalue weighted by Gasteiger charge is -2.33. The fourth-order valence-corrected chi connectivity index (χ4v) is 2.06. The molecule has 1 aromatic carbocycles. The number of carbonyl (C=O) groups is 2. The van der Waals surface area contributed by atoms with Gasteiger partial charge in [0.25, 0.3) is 5.91 Å². The zero-order valence-electron chi connectivity index (χ0n) is 10.6. The molecule has 0 radical (unpaired) electrons. The summed E-state index contributed by atoms with van der Waals surface area (Å²) >= 11 is 0. The van der Waals surface area contributed by atoms with E-state index in [9.17, 15) is 14.7 Å². The van der Waals surface area contributed by atoms with Crippen LogP contribution >= 0.6 is 0 Å². The molecule has 1 saturated heterocycles. The standard InChI is InChI=1S/C13H16N2O4/c1-8-2-3-9(11(16)6-8)13(18)15-4-5-19-7-10(15)12(14)17/h2-3,6,10,16H,4-5,7H2,1H3,(H2,14,17). The molecule has 0 aromatic heterocycles. The molecular formula is C13H16N2O4. The molecule has 1 aliphatic heterocycles. The molecule has 1 aliphatic rings. The topological polar surface area (TPSA) is 92.9 Å². The maximum atomic E-state index is 12.3. The van der Waals surface area contributed by atoms with E-state index in [0.717, 1.165) is 5.56 Å². The number of rotatable bonds is 2. The Hall–Kier alpha value is -2.08. The van der Waals surface area contributed by atoms with Crippen molar-refractivity contribution >= 4 is 11.8 Å². The Bertz CT molecular complexity index is 515. The first-order chi connectivity index (χ1) is 9.00. The number of morpholine rings is 1. The number of phenolic OH excluding ortho intramolecular Hbond substituents is 1. The summed E-state index contributed by atoms with van der Waals surface area (Å²) in [6, 6.07) is 3.99. The third kappa shape index (κ3) is 2.68. The average molecular weight is 264 g/mol. The highest BCUT2D eigenvalue weighted by Crippen LogP contribution is 2.22.